The average molecular weight is 516 g/mol. The van der Waals surface area contributed by atoms with Crippen molar-refractivity contribution in [3.05, 3.63) is 66.7 Å². The number of hydrogen-bond donors (Lipinski definition) is 2. The molecule has 1 saturated heterocycles. The number of nitrogens with zero attached hydrogens (tertiary/aromatic N) is 1. The summed E-state index contributed by atoms with van der Waals surface area (Å²) in [5, 5.41) is 21.9. The molecule has 34 heavy (non-hydrogen) atoms. The number of hydrogen-bond acceptors (Lipinski definition) is 7. The number of thiophene rings is 1. The summed E-state index contributed by atoms with van der Waals surface area (Å²) in [7, 11) is 0. The minimum absolute atomic E-state index is 0. The van der Waals surface area contributed by atoms with Gasteiger partial charge in [0.2, 0.25) is 0 Å². The van der Waals surface area contributed by atoms with Crippen molar-refractivity contribution in [1.29, 1.82) is 0 Å². The summed E-state index contributed by atoms with van der Waals surface area (Å²) in [6.07, 6.45) is 2.58. The molecule has 0 spiro atoms. The maximum atomic E-state index is 10.4. The molecule has 1 aromatic heterocycles. The molecule has 0 amide bonds. The number of benzene rings is 3. The van der Waals surface area contributed by atoms with Gasteiger partial charge in [0.05, 0.1) is 6.61 Å². The minimum Gasteiger partial charge on any atom is -0.507 e. The van der Waals surface area contributed by atoms with Gasteiger partial charge in [-0.15, -0.1) is 23.7 Å². The number of halogens is 1. The fourth-order valence-electron chi connectivity index (χ4n) is 3.92. The van der Waals surface area contributed by atoms with Gasteiger partial charge in [-0.2, -0.15) is 0 Å². The summed E-state index contributed by atoms with van der Waals surface area (Å²) < 4.78 is 12.8. The van der Waals surface area contributed by atoms with E-state index in [9.17, 15) is 10.2 Å². The predicted octanol–water partition coefficient (Wildman–Crippen LogP) is 7.31. The smallest absolute Gasteiger partial charge is 0.169 e. The van der Waals surface area contributed by atoms with E-state index in [4.69, 9.17) is 8.92 Å². The lowest BCUT2D eigenvalue weighted by Gasteiger charge is -2.13. The van der Waals surface area contributed by atoms with Gasteiger partial charge < -0.3 is 24.0 Å². The molecule has 1 aliphatic rings. The number of phenolic OH excluding ortho intramolecular Hbond substituents is 2. The quantitative estimate of drug-likeness (QED) is 0.189. The van der Waals surface area contributed by atoms with Crippen LogP contribution >= 0.6 is 35.8 Å². The number of ether oxygens (including phenoxy) is 1. The van der Waals surface area contributed by atoms with Crippen molar-refractivity contribution in [2.24, 2.45) is 0 Å². The largest absolute Gasteiger partial charge is 0.507 e. The molecule has 0 radical (unpaired) electrons. The van der Waals surface area contributed by atoms with E-state index in [2.05, 4.69) is 4.90 Å². The summed E-state index contributed by atoms with van der Waals surface area (Å²) in [5.41, 5.74) is 0.627. The highest BCUT2D eigenvalue weighted by molar-refractivity contribution is 7.94. The van der Waals surface area contributed by atoms with E-state index in [1.165, 1.54) is 44.0 Å². The van der Waals surface area contributed by atoms with Gasteiger partial charge in [-0.25, -0.2) is 0 Å². The number of rotatable bonds is 8. The Morgan fingerprint density at radius 1 is 0.912 bits per heavy atom. The van der Waals surface area contributed by atoms with E-state index in [0.717, 1.165) is 26.4 Å². The van der Waals surface area contributed by atoms with Crippen LogP contribution < -0.4 is 4.74 Å². The van der Waals surface area contributed by atoms with Gasteiger partial charge in [-0.3, -0.25) is 0 Å². The van der Waals surface area contributed by atoms with Crippen molar-refractivity contribution in [2.45, 2.75) is 17.7 Å². The molecule has 0 saturated carbocycles. The zero-order valence-electron chi connectivity index (χ0n) is 18.5. The third kappa shape index (κ3) is 5.79. The van der Waals surface area contributed by atoms with E-state index < -0.39 is 0 Å². The Bertz CT molecular complexity index is 1210. The lowest BCUT2D eigenvalue weighted by molar-refractivity contribution is 0.261. The zero-order chi connectivity index (χ0) is 22.6. The van der Waals surface area contributed by atoms with Gasteiger partial charge in [-0.1, -0.05) is 18.2 Å². The molecule has 178 valence electrons. The molecular formula is C26H26ClNO4S2. The van der Waals surface area contributed by atoms with Gasteiger partial charge in [0.1, 0.15) is 11.5 Å². The van der Waals surface area contributed by atoms with Crippen LogP contribution in [0.5, 0.6) is 23.0 Å². The van der Waals surface area contributed by atoms with E-state index in [-0.39, 0.29) is 23.9 Å². The van der Waals surface area contributed by atoms with Gasteiger partial charge in [0.25, 0.3) is 0 Å². The lowest BCUT2D eigenvalue weighted by Crippen LogP contribution is -2.23. The third-order valence-corrected chi connectivity index (χ3v) is 7.56. The molecule has 5 rings (SSSR count). The van der Waals surface area contributed by atoms with Crippen LogP contribution in [0.3, 0.4) is 0 Å². The Kier molecular flexibility index (Phi) is 8.24. The normalized spacial score (nSPS) is 13.8. The van der Waals surface area contributed by atoms with Crippen LogP contribution in [0.1, 0.15) is 12.8 Å². The van der Waals surface area contributed by atoms with E-state index in [1.54, 1.807) is 17.4 Å². The minimum atomic E-state index is -0.110. The molecule has 1 fully saturated rings. The highest BCUT2D eigenvalue weighted by Gasteiger charge is 2.15. The molecule has 0 bridgehead atoms. The van der Waals surface area contributed by atoms with E-state index in [1.807, 2.05) is 54.6 Å². The van der Waals surface area contributed by atoms with Gasteiger partial charge in [0.15, 0.2) is 11.5 Å². The van der Waals surface area contributed by atoms with Crippen LogP contribution in [-0.4, -0.2) is 41.4 Å². The molecule has 1 aliphatic heterocycles. The van der Waals surface area contributed by atoms with Crippen LogP contribution in [0.15, 0.2) is 71.6 Å². The highest BCUT2D eigenvalue weighted by atomic mass is 35.5. The fourth-order valence-corrected chi connectivity index (χ4v) is 5.55. The fraction of sp³-hybridized carbons (Fsp3) is 0.231. The summed E-state index contributed by atoms with van der Waals surface area (Å²) in [4.78, 5) is 4.33. The van der Waals surface area contributed by atoms with E-state index >= 15 is 0 Å². The van der Waals surface area contributed by atoms with E-state index in [0.29, 0.717) is 23.7 Å². The molecule has 2 N–H and O–H groups in total. The standard InChI is InChI=1S/C26H25NO4S2.ClH/c28-22-17-23(29)24(16-21(22)26-15-18-5-1-2-6-25(18)32-26)31-19-7-9-20(10-8-19)33-30-14-13-27-11-3-4-12-27;/h1-2,5-10,15-17,28-29H,3-4,11-14H2;1H. The maximum absolute atomic E-state index is 10.4. The Hall–Kier alpha value is -2.42. The Morgan fingerprint density at radius 3 is 2.44 bits per heavy atom. The van der Waals surface area contributed by atoms with Crippen molar-refractivity contribution in [3.8, 4) is 33.4 Å². The topological polar surface area (TPSA) is 62.2 Å². The predicted molar refractivity (Wildman–Crippen MR) is 142 cm³/mol. The van der Waals surface area contributed by atoms with Gasteiger partial charge in [0, 0.05) is 44.7 Å². The van der Waals surface area contributed by atoms with Crippen molar-refractivity contribution in [2.75, 3.05) is 26.2 Å². The summed E-state index contributed by atoms with van der Waals surface area (Å²) in [6.45, 7) is 4.02. The summed E-state index contributed by atoms with van der Waals surface area (Å²) in [5.74, 6) is 0.799. The number of fused-ring (bicyclic) bond motifs is 1. The first-order valence-corrected chi connectivity index (χ1v) is 12.6. The highest BCUT2D eigenvalue weighted by Crippen LogP contribution is 2.44. The molecule has 8 heteroatoms. The first kappa shape index (κ1) is 24.7. The number of likely N-dealkylation sites (tertiary alicyclic amines) is 1. The summed E-state index contributed by atoms with van der Waals surface area (Å²) >= 11 is 2.95. The Labute approximate surface area is 213 Å². The Morgan fingerprint density at radius 2 is 1.68 bits per heavy atom. The van der Waals surface area contributed by atoms with Crippen molar-refractivity contribution in [1.82, 2.24) is 4.90 Å². The number of aromatic hydroxyl groups is 2. The van der Waals surface area contributed by atoms with Crippen molar-refractivity contribution >= 4 is 45.9 Å². The monoisotopic (exact) mass is 515 g/mol. The lowest BCUT2D eigenvalue weighted by atomic mass is 10.1. The second-order valence-corrected chi connectivity index (χ2v) is 9.97. The molecule has 0 atom stereocenters. The van der Waals surface area contributed by atoms with Crippen LogP contribution in [0.2, 0.25) is 0 Å². The van der Waals surface area contributed by atoms with Crippen LogP contribution in [0, 0.1) is 0 Å². The first-order chi connectivity index (χ1) is 16.2. The Balaban J connectivity index is 0.00000274. The first-order valence-electron chi connectivity index (χ1n) is 11.0. The van der Waals surface area contributed by atoms with Crippen LogP contribution in [-0.2, 0) is 4.18 Å². The average Bonchev–Trinajstić information content (AvgIpc) is 3.49. The molecule has 2 heterocycles. The third-order valence-electron chi connectivity index (χ3n) is 5.66. The molecule has 0 unspecified atom stereocenters. The maximum Gasteiger partial charge on any atom is 0.169 e. The molecule has 0 aliphatic carbocycles. The summed E-state index contributed by atoms with van der Waals surface area (Å²) in [6, 6.07) is 20.7. The number of phenols is 2. The SMILES string of the molecule is Cl.Oc1cc(O)c(-c2cc3ccccc3s2)cc1Oc1ccc(SOCCN2CCCC2)cc1. The van der Waals surface area contributed by atoms with Crippen molar-refractivity contribution in [3.63, 3.8) is 0 Å². The molecular weight excluding hydrogens is 490 g/mol. The molecule has 5 nitrogen and oxygen atoms in total. The zero-order valence-corrected chi connectivity index (χ0v) is 20.9. The second-order valence-electron chi connectivity index (χ2n) is 8.01. The van der Waals surface area contributed by atoms with Gasteiger partial charge >= 0.3 is 0 Å². The van der Waals surface area contributed by atoms with Gasteiger partial charge in [-0.05, 0) is 73.8 Å². The van der Waals surface area contributed by atoms with Crippen molar-refractivity contribution < 1.29 is 19.1 Å². The van der Waals surface area contributed by atoms with Crippen LogP contribution in [0.25, 0.3) is 20.5 Å². The van der Waals surface area contributed by atoms with Crippen LogP contribution in [0.4, 0.5) is 0 Å². The molecule has 3 aromatic carbocycles. The molecule has 4 aromatic rings. The second kappa shape index (κ2) is 11.3.